The Morgan fingerprint density at radius 3 is 2.66 bits per heavy atom. The Morgan fingerprint density at radius 2 is 2.00 bits per heavy atom. The molecule has 38 heavy (non-hydrogen) atoms. The maximum atomic E-state index is 14.7. The van der Waals surface area contributed by atoms with Crippen LogP contribution in [0.2, 0.25) is 0 Å². The van der Waals surface area contributed by atoms with Gasteiger partial charge in [0.1, 0.15) is 29.3 Å². The predicted molar refractivity (Wildman–Crippen MR) is 146 cm³/mol. The number of likely N-dealkylation sites (tertiary alicyclic amines) is 1. The second-order valence-electron chi connectivity index (χ2n) is 10.5. The molecule has 198 valence electrons. The third-order valence-corrected chi connectivity index (χ3v) is 6.87. The molecule has 1 saturated heterocycles. The summed E-state index contributed by atoms with van der Waals surface area (Å²) in [7, 11) is 0. The molecule has 0 unspecified atom stereocenters. The Bertz CT molecular complexity index is 1480. The van der Waals surface area contributed by atoms with Crippen LogP contribution in [0.3, 0.4) is 0 Å². The van der Waals surface area contributed by atoms with Gasteiger partial charge in [-0.25, -0.2) is 14.4 Å². The van der Waals surface area contributed by atoms with Crippen molar-refractivity contribution in [2.75, 3.05) is 12.3 Å². The Kier molecular flexibility index (Phi) is 7.27. The summed E-state index contributed by atoms with van der Waals surface area (Å²) in [4.78, 5) is 36.9. The first-order valence-electron chi connectivity index (χ1n) is 12.6. The molecule has 0 saturated carbocycles. The number of nitrogen functional groups attached to an aromatic ring is 1. The SMILES string of the molecule is C=CC(=O)N1C[C@H](n2c(C#CC(C)C)c(C(=O)NC(C)(C)c3ccccc3F)c3c(N)ncnc32)C[C@@H]1C. The van der Waals surface area contributed by atoms with E-state index in [0.29, 0.717) is 35.3 Å². The van der Waals surface area contributed by atoms with Gasteiger partial charge in [0, 0.05) is 24.1 Å². The van der Waals surface area contributed by atoms with E-state index >= 15 is 0 Å². The van der Waals surface area contributed by atoms with Gasteiger partial charge in [0.05, 0.1) is 22.5 Å². The number of halogens is 1. The molecule has 2 aromatic heterocycles. The molecule has 1 fully saturated rings. The number of rotatable bonds is 5. The van der Waals surface area contributed by atoms with Crippen molar-refractivity contribution in [1.82, 2.24) is 24.8 Å². The van der Waals surface area contributed by atoms with Crippen LogP contribution in [0.4, 0.5) is 10.2 Å². The maximum Gasteiger partial charge on any atom is 0.255 e. The molecule has 8 nitrogen and oxygen atoms in total. The summed E-state index contributed by atoms with van der Waals surface area (Å²) in [5.74, 6) is 5.47. The van der Waals surface area contributed by atoms with E-state index in [2.05, 4.69) is 33.7 Å². The van der Waals surface area contributed by atoms with Gasteiger partial charge in [-0.2, -0.15) is 0 Å². The van der Waals surface area contributed by atoms with E-state index in [4.69, 9.17) is 5.73 Å². The Balaban J connectivity index is 1.91. The molecule has 3 aromatic rings. The topological polar surface area (TPSA) is 106 Å². The summed E-state index contributed by atoms with van der Waals surface area (Å²) in [6.45, 7) is 13.4. The second-order valence-corrected chi connectivity index (χ2v) is 10.5. The summed E-state index contributed by atoms with van der Waals surface area (Å²) in [5.41, 5.74) is 6.76. The van der Waals surface area contributed by atoms with Crippen molar-refractivity contribution in [3.05, 3.63) is 65.9 Å². The lowest BCUT2D eigenvalue weighted by molar-refractivity contribution is -0.126. The average Bonchev–Trinajstić information content (AvgIpc) is 3.40. The third kappa shape index (κ3) is 4.86. The molecule has 3 heterocycles. The number of carbonyl (C=O) groups is 2. The molecular formula is C29H33FN6O2. The highest BCUT2D eigenvalue weighted by Crippen LogP contribution is 2.37. The minimum Gasteiger partial charge on any atom is -0.383 e. The molecule has 3 N–H and O–H groups in total. The molecule has 1 aromatic carbocycles. The highest BCUT2D eigenvalue weighted by Gasteiger charge is 2.37. The molecule has 2 atom stereocenters. The smallest absolute Gasteiger partial charge is 0.255 e. The zero-order chi connectivity index (χ0) is 27.8. The average molecular weight is 517 g/mol. The van der Waals surface area contributed by atoms with Gasteiger partial charge < -0.3 is 20.5 Å². The lowest BCUT2D eigenvalue weighted by Crippen LogP contribution is -2.42. The Labute approximate surface area is 222 Å². The first-order valence-corrected chi connectivity index (χ1v) is 12.6. The van der Waals surface area contributed by atoms with Gasteiger partial charge >= 0.3 is 0 Å². The largest absolute Gasteiger partial charge is 0.383 e. The normalized spacial score (nSPS) is 17.4. The van der Waals surface area contributed by atoms with Crippen molar-refractivity contribution in [1.29, 1.82) is 0 Å². The molecule has 4 rings (SSSR count). The van der Waals surface area contributed by atoms with Crippen molar-refractivity contribution < 1.29 is 14.0 Å². The molecule has 0 spiro atoms. The summed E-state index contributed by atoms with van der Waals surface area (Å²) >= 11 is 0. The Hall–Kier alpha value is -4.19. The van der Waals surface area contributed by atoms with Gasteiger partial charge in [-0.15, -0.1) is 0 Å². The number of anilines is 1. The van der Waals surface area contributed by atoms with Gasteiger partial charge in [-0.3, -0.25) is 9.59 Å². The lowest BCUT2D eigenvalue weighted by atomic mass is 9.93. The number of aromatic nitrogens is 3. The molecule has 2 amide bonds. The van der Waals surface area contributed by atoms with Crippen LogP contribution >= 0.6 is 0 Å². The summed E-state index contributed by atoms with van der Waals surface area (Å²) in [5, 5.41) is 3.36. The number of carbonyl (C=O) groups excluding carboxylic acids is 2. The molecule has 0 radical (unpaired) electrons. The number of nitrogens with one attached hydrogen (secondary N) is 1. The van der Waals surface area contributed by atoms with Crippen LogP contribution in [0.1, 0.15) is 68.7 Å². The number of benzene rings is 1. The number of hydrogen-bond donors (Lipinski definition) is 2. The van der Waals surface area contributed by atoms with Gasteiger partial charge in [0.25, 0.3) is 5.91 Å². The van der Waals surface area contributed by atoms with Crippen LogP contribution in [0, 0.1) is 23.6 Å². The van der Waals surface area contributed by atoms with E-state index in [1.165, 1.54) is 18.5 Å². The van der Waals surface area contributed by atoms with Crippen LogP contribution in [0.15, 0.2) is 43.2 Å². The number of nitrogens with zero attached hydrogens (tertiary/aromatic N) is 4. The van der Waals surface area contributed by atoms with E-state index in [9.17, 15) is 14.0 Å². The number of amides is 2. The van der Waals surface area contributed by atoms with Gasteiger partial charge in [-0.05, 0) is 45.3 Å². The van der Waals surface area contributed by atoms with Crippen molar-refractivity contribution in [2.45, 2.75) is 58.7 Å². The Morgan fingerprint density at radius 1 is 1.29 bits per heavy atom. The highest BCUT2D eigenvalue weighted by atomic mass is 19.1. The molecule has 9 heteroatoms. The van der Waals surface area contributed by atoms with Crippen LogP contribution in [0.5, 0.6) is 0 Å². The van der Waals surface area contributed by atoms with Gasteiger partial charge in [0.15, 0.2) is 0 Å². The third-order valence-electron chi connectivity index (χ3n) is 6.87. The lowest BCUT2D eigenvalue weighted by Gasteiger charge is -2.27. The van der Waals surface area contributed by atoms with Crippen molar-refractivity contribution >= 4 is 28.7 Å². The van der Waals surface area contributed by atoms with Crippen LogP contribution < -0.4 is 11.1 Å². The van der Waals surface area contributed by atoms with Crippen molar-refractivity contribution in [3.63, 3.8) is 0 Å². The van der Waals surface area contributed by atoms with Crippen LogP contribution in [-0.4, -0.2) is 43.8 Å². The summed E-state index contributed by atoms with van der Waals surface area (Å²) < 4.78 is 16.6. The summed E-state index contributed by atoms with van der Waals surface area (Å²) in [6.07, 6.45) is 3.28. The standard InChI is InChI=1S/C29H33FN6O2/c1-7-23(37)35-15-19(14-18(35)4)36-22(13-12-17(2)3)24(25-26(31)32-16-33-27(25)36)28(38)34-29(5,6)20-10-8-9-11-21(20)30/h7-11,16-19H,1,14-15H2,2-6H3,(H,34,38)(H2,31,32,33)/t18-,19+/m0/s1. The zero-order valence-corrected chi connectivity index (χ0v) is 22.4. The van der Waals surface area contributed by atoms with E-state index < -0.39 is 17.3 Å². The van der Waals surface area contributed by atoms with Crippen LogP contribution in [-0.2, 0) is 10.3 Å². The first-order chi connectivity index (χ1) is 18.0. The fourth-order valence-corrected chi connectivity index (χ4v) is 5.06. The van der Waals surface area contributed by atoms with E-state index in [1.54, 1.807) is 36.9 Å². The minimum absolute atomic E-state index is 0.0250. The zero-order valence-electron chi connectivity index (χ0n) is 22.4. The minimum atomic E-state index is -1.04. The molecule has 1 aliphatic rings. The molecular weight excluding hydrogens is 483 g/mol. The van der Waals surface area contributed by atoms with Gasteiger partial charge in [0.2, 0.25) is 5.91 Å². The quantitative estimate of drug-likeness (QED) is 0.391. The molecule has 1 aliphatic heterocycles. The first kappa shape index (κ1) is 26.9. The fourth-order valence-electron chi connectivity index (χ4n) is 5.06. The monoisotopic (exact) mass is 516 g/mol. The highest BCUT2D eigenvalue weighted by molar-refractivity contribution is 6.12. The number of fused-ring (bicyclic) bond motifs is 1. The maximum absolute atomic E-state index is 14.7. The molecule has 0 bridgehead atoms. The van der Waals surface area contributed by atoms with E-state index in [0.717, 1.165) is 0 Å². The second kappa shape index (κ2) is 10.3. The van der Waals surface area contributed by atoms with Crippen molar-refractivity contribution in [3.8, 4) is 11.8 Å². The predicted octanol–water partition coefficient (Wildman–Crippen LogP) is 4.17. The number of hydrogen-bond acceptors (Lipinski definition) is 5. The summed E-state index contributed by atoms with van der Waals surface area (Å²) in [6, 6.07) is 6.07. The van der Waals surface area contributed by atoms with Gasteiger partial charge in [-0.1, -0.05) is 44.5 Å². The van der Waals surface area contributed by atoms with E-state index in [-0.39, 0.29) is 35.3 Å². The van der Waals surface area contributed by atoms with Crippen molar-refractivity contribution in [2.24, 2.45) is 5.92 Å². The fraction of sp³-hybridized carbons (Fsp3) is 0.379. The van der Waals surface area contributed by atoms with E-state index in [1.807, 2.05) is 25.3 Å². The molecule has 0 aliphatic carbocycles. The van der Waals surface area contributed by atoms with Crippen LogP contribution in [0.25, 0.3) is 11.0 Å². The number of nitrogens with two attached hydrogens (primary N) is 1.